The first-order valence-corrected chi connectivity index (χ1v) is 8.73. The van der Waals surface area contributed by atoms with Gasteiger partial charge in [-0.2, -0.15) is 0 Å². The number of rotatable bonds is 5. The number of ether oxygens (including phenoxy) is 1. The first kappa shape index (κ1) is 17.9. The fourth-order valence-corrected chi connectivity index (χ4v) is 3.09. The Hall–Kier alpha value is -2.95. The van der Waals surface area contributed by atoms with Gasteiger partial charge in [0, 0.05) is 10.8 Å². The summed E-state index contributed by atoms with van der Waals surface area (Å²) in [5, 5.41) is 4.40. The van der Waals surface area contributed by atoms with Gasteiger partial charge in [0.25, 0.3) is 5.91 Å². The van der Waals surface area contributed by atoms with Gasteiger partial charge in [0.15, 0.2) is 0 Å². The van der Waals surface area contributed by atoms with Gasteiger partial charge in [-0.05, 0) is 18.1 Å². The molecule has 1 N–H and O–H groups in total. The number of hydrogen-bond donors (Lipinski definition) is 1. The van der Waals surface area contributed by atoms with Crippen LogP contribution in [0.25, 0.3) is 21.8 Å². The molecule has 2 atom stereocenters. The summed E-state index contributed by atoms with van der Waals surface area (Å²) < 4.78 is 4.88. The largest absolute Gasteiger partial charge is 0.467 e. The zero-order valence-electron chi connectivity index (χ0n) is 15.2. The van der Waals surface area contributed by atoms with Gasteiger partial charge < -0.3 is 10.1 Å². The maximum atomic E-state index is 13.2. The second-order valence-corrected chi connectivity index (χ2v) is 6.38. The lowest BCUT2D eigenvalue weighted by Crippen LogP contribution is -2.45. The van der Waals surface area contributed by atoms with Crippen LogP contribution >= 0.6 is 0 Å². The van der Waals surface area contributed by atoms with Crippen LogP contribution in [0.15, 0.2) is 48.5 Å². The maximum Gasteiger partial charge on any atom is 0.328 e. The molecule has 1 aromatic heterocycles. The molecule has 0 unspecified atom stereocenters. The average Bonchev–Trinajstić information content (AvgIpc) is 2.68. The number of carbonyl (C=O) groups excluding carboxylic acids is 2. The monoisotopic (exact) mass is 350 g/mol. The molecule has 1 heterocycles. The minimum Gasteiger partial charge on any atom is -0.467 e. The van der Waals surface area contributed by atoms with Gasteiger partial charge in [-0.3, -0.25) is 4.79 Å². The zero-order valence-corrected chi connectivity index (χ0v) is 15.2. The van der Waals surface area contributed by atoms with Crippen molar-refractivity contribution in [3.05, 3.63) is 54.1 Å². The topological polar surface area (TPSA) is 68.3 Å². The average molecular weight is 350 g/mol. The highest BCUT2D eigenvalue weighted by atomic mass is 16.5. The molecule has 134 valence electrons. The van der Waals surface area contributed by atoms with Gasteiger partial charge in [0.05, 0.1) is 23.7 Å². The summed E-state index contributed by atoms with van der Waals surface area (Å²) >= 11 is 0. The number of pyridine rings is 1. The van der Waals surface area contributed by atoms with E-state index in [2.05, 4.69) is 10.3 Å². The third-order valence-electron chi connectivity index (χ3n) is 4.77. The van der Waals surface area contributed by atoms with Gasteiger partial charge in [0.2, 0.25) is 0 Å². The van der Waals surface area contributed by atoms with Crippen LogP contribution in [-0.2, 0) is 9.53 Å². The predicted octanol–water partition coefficient (Wildman–Crippen LogP) is 3.71. The SMILES string of the molecule is CC[C@H](C)[C@H](NC(=O)c1c2ccccc2nc2ccccc12)C(=O)OC. The van der Waals surface area contributed by atoms with Gasteiger partial charge in [-0.25, -0.2) is 9.78 Å². The molecule has 3 aromatic rings. The first-order valence-electron chi connectivity index (χ1n) is 8.73. The highest BCUT2D eigenvalue weighted by Crippen LogP contribution is 2.26. The molecule has 0 radical (unpaired) electrons. The number of nitrogens with zero attached hydrogens (tertiary/aromatic N) is 1. The minimum atomic E-state index is -0.691. The fourth-order valence-electron chi connectivity index (χ4n) is 3.09. The lowest BCUT2D eigenvalue weighted by Gasteiger charge is -2.22. The Bertz CT molecular complexity index is 914. The number of nitrogens with one attached hydrogen (secondary N) is 1. The number of methoxy groups -OCH3 is 1. The van der Waals surface area contributed by atoms with Crippen molar-refractivity contribution >= 4 is 33.7 Å². The predicted molar refractivity (Wildman–Crippen MR) is 102 cm³/mol. The molecule has 3 rings (SSSR count). The zero-order chi connectivity index (χ0) is 18.7. The molecule has 2 aromatic carbocycles. The van der Waals surface area contributed by atoms with E-state index in [4.69, 9.17) is 4.74 Å². The van der Waals surface area contributed by atoms with Crippen LogP contribution < -0.4 is 5.32 Å². The fraction of sp³-hybridized carbons (Fsp3) is 0.286. The second-order valence-electron chi connectivity index (χ2n) is 6.38. The van der Waals surface area contributed by atoms with Gasteiger partial charge in [0.1, 0.15) is 6.04 Å². The Morgan fingerprint density at radius 3 is 2.08 bits per heavy atom. The van der Waals surface area contributed by atoms with Crippen LogP contribution in [0, 0.1) is 5.92 Å². The number of hydrogen-bond acceptors (Lipinski definition) is 4. The van der Waals surface area contributed by atoms with E-state index in [-0.39, 0.29) is 11.8 Å². The summed E-state index contributed by atoms with van der Waals surface area (Å²) in [6, 6.07) is 14.4. The van der Waals surface area contributed by atoms with Crippen molar-refractivity contribution in [2.24, 2.45) is 5.92 Å². The second kappa shape index (κ2) is 7.52. The number of benzene rings is 2. The normalized spacial score (nSPS) is 13.3. The van der Waals surface area contributed by atoms with E-state index in [0.717, 1.165) is 28.2 Å². The van der Waals surface area contributed by atoms with Crippen LogP contribution in [0.3, 0.4) is 0 Å². The smallest absolute Gasteiger partial charge is 0.328 e. The summed E-state index contributed by atoms with van der Waals surface area (Å²) in [5.74, 6) is -0.767. The number of aromatic nitrogens is 1. The summed E-state index contributed by atoms with van der Waals surface area (Å²) in [6.45, 7) is 3.90. The van der Waals surface area contributed by atoms with Gasteiger partial charge >= 0.3 is 5.97 Å². The van der Waals surface area contributed by atoms with E-state index in [1.54, 1.807) is 0 Å². The molecule has 0 aliphatic rings. The number of para-hydroxylation sites is 2. The molecule has 0 aliphatic heterocycles. The Kier molecular flexibility index (Phi) is 5.16. The van der Waals surface area contributed by atoms with Gasteiger partial charge in [-0.1, -0.05) is 56.7 Å². The molecule has 0 fully saturated rings. The first-order chi connectivity index (χ1) is 12.6. The van der Waals surface area contributed by atoms with Crippen molar-refractivity contribution in [3.63, 3.8) is 0 Å². The highest BCUT2D eigenvalue weighted by Gasteiger charge is 2.28. The van der Waals surface area contributed by atoms with E-state index in [1.807, 2.05) is 62.4 Å². The van der Waals surface area contributed by atoms with Crippen LogP contribution in [0.1, 0.15) is 30.6 Å². The molecule has 1 amide bonds. The quantitative estimate of drug-likeness (QED) is 0.563. The number of amides is 1. The van der Waals surface area contributed by atoms with E-state index in [0.29, 0.717) is 5.56 Å². The molecular formula is C21H22N2O3. The summed E-state index contributed by atoms with van der Waals surface area (Å²) in [4.78, 5) is 30.0. The van der Waals surface area contributed by atoms with E-state index in [1.165, 1.54) is 7.11 Å². The molecule has 26 heavy (non-hydrogen) atoms. The van der Waals surface area contributed by atoms with Crippen molar-refractivity contribution in [2.45, 2.75) is 26.3 Å². The Morgan fingerprint density at radius 1 is 1.04 bits per heavy atom. The third kappa shape index (κ3) is 3.25. The molecule has 0 spiro atoms. The standard InChI is InChI=1S/C21H22N2O3/c1-4-13(2)19(21(25)26-3)23-20(24)18-14-9-5-7-11-16(14)22-17-12-8-6-10-15(17)18/h5-13,19H,4H2,1-3H3,(H,23,24)/t13-,19-/m0/s1. The number of esters is 1. The molecule has 5 heteroatoms. The summed E-state index contributed by atoms with van der Waals surface area (Å²) in [7, 11) is 1.33. The lowest BCUT2D eigenvalue weighted by atomic mass is 9.97. The highest BCUT2D eigenvalue weighted by molar-refractivity contribution is 6.16. The number of fused-ring (bicyclic) bond motifs is 2. The number of carbonyl (C=O) groups is 2. The third-order valence-corrected chi connectivity index (χ3v) is 4.77. The minimum absolute atomic E-state index is 0.0363. The summed E-state index contributed by atoms with van der Waals surface area (Å²) in [6.07, 6.45) is 0.748. The lowest BCUT2D eigenvalue weighted by molar-refractivity contribution is -0.144. The molecule has 0 bridgehead atoms. The Morgan fingerprint density at radius 2 is 1.58 bits per heavy atom. The van der Waals surface area contributed by atoms with Crippen molar-refractivity contribution < 1.29 is 14.3 Å². The van der Waals surface area contributed by atoms with Crippen molar-refractivity contribution in [3.8, 4) is 0 Å². The molecular weight excluding hydrogens is 328 g/mol. The van der Waals surface area contributed by atoms with E-state index < -0.39 is 12.0 Å². The molecule has 0 saturated carbocycles. The summed E-state index contributed by atoms with van der Waals surface area (Å²) in [5.41, 5.74) is 2.02. The Balaban J connectivity index is 2.13. The van der Waals surface area contributed by atoms with Crippen LogP contribution in [0.5, 0.6) is 0 Å². The maximum absolute atomic E-state index is 13.2. The molecule has 5 nitrogen and oxygen atoms in total. The molecule has 0 aliphatic carbocycles. The van der Waals surface area contributed by atoms with Crippen LogP contribution in [-0.4, -0.2) is 30.0 Å². The van der Waals surface area contributed by atoms with Crippen molar-refractivity contribution in [1.82, 2.24) is 10.3 Å². The van der Waals surface area contributed by atoms with Crippen molar-refractivity contribution in [1.29, 1.82) is 0 Å². The van der Waals surface area contributed by atoms with Crippen molar-refractivity contribution in [2.75, 3.05) is 7.11 Å². The van der Waals surface area contributed by atoms with Gasteiger partial charge in [-0.15, -0.1) is 0 Å². The Labute approximate surface area is 152 Å². The van der Waals surface area contributed by atoms with E-state index >= 15 is 0 Å². The van der Waals surface area contributed by atoms with Crippen LogP contribution in [0.4, 0.5) is 0 Å². The van der Waals surface area contributed by atoms with E-state index in [9.17, 15) is 9.59 Å². The van der Waals surface area contributed by atoms with Crippen LogP contribution in [0.2, 0.25) is 0 Å². The molecule has 0 saturated heterocycles.